The molecule has 3 amide bonds. The minimum absolute atomic E-state index is 0.152. The van der Waals surface area contributed by atoms with Gasteiger partial charge in [0.25, 0.3) is 0 Å². The van der Waals surface area contributed by atoms with E-state index in [2.05, 4.69) is 30.3 Å². The zero-order valence-electron chi connectivity index (χ0n) is 22.8. The molecule has 1 saturated heterocycles. The molecule has 1 fully saturated rings. The highest BCUT2D eigenvalue weighted by Crippen LogP contribution is 2.33. The Morgan fingerprint density at radius 2 is 1.79 bits per heavy atom. The summed E-state index contributed by atoms with van der Waals surface area (Å²) >= 11 is 1.19. The summed E-state index contributed by atoms with van der Waals surface area (Å²) in [7, 11) is 0. The van der Waals surface area contributed by atoms with E-state index < -0.39 is 12.4 Å². The summed E-state index contributed by atoms with van der Waals surface area (Å²) in [5, 5.41) is 8.62. The summed E-state index contributed by atoms with van der Waals surface area (Å²) in [5.41, 5.74) is 5.91. The number of benzene rings is 3. The van der Waals surface area contributed by atoms with Crippen LogP contribution in [0.2, 0.25) is 0 Å². The van der Waals surface area contributed by atoms with Crippen LogP contribution in [0.25, 0.3) is 17.1 Å². The summed E-state index contributed by atoms with van der Waals surface area (Å²) < 4.78 is 42.4. The highest BCUT2D eigenvalue weighted by molar-refractivity contribution is 8.15. The number of hydrogen-bond donors (Lipinski definition) is 1. The van der Waals surface area contributed by atoms with Crippen molar-refractivity contribution in [3.05, 3.63) is 90.3 Å². The van der Waals surface area contributed by atoms with Gasteiger partial charge in [0.05, 0.1) is 23.3 Å². The number of aromatic nitrogens is 3. The number of anilines is 1. The Balaban J connectivity index is 1.21. The first-order valence-electron chi connectivity index (χ1n) is 12.9. The maximum atomic E-state index is 12.6. The summed E-state index contributed by atoms with van der Waals surface area (Å²) in [4.78, 5) is 34.9. The van der Waals surface area contributed by atoms with Gasteiger partial charge in [-0.25, -0.2) is 19.9 Å². The van der Waals surface area contributed by atoms with Crippen LogP contribution >= 0.6 is 11.8 Å². The smallest absolute Gasteiger partial charge is 0.406 e. The second-order valence-corrected chi connectivity index (χ2v) is 10.4. The maximum Gasteiger partial charge on any atom is 0.573 e. The topological polar surface area (TPSA) is 114 Å². The van der Waals surface area contributed by atoms with Gasteiger partial charge in [0, 0.05) is 5.56 Å². The Labute approximate surface area is 248 Å². The number of nitrogens with one attached hydrogen (secondary N) is 1. The molecule has 0 unspecified atom stereocenters. The van der Waals surface area contributed by atoms with Crippen molar-refractivity contribution < 1.29 is 27.5 Å². The Kier molecular flexibility index (Phi) is 8.57. The normalized spacial score (nSPS) is 14.7. The SMILES string of the molecule is CC(C)c1ccccc1N1C(=O)CSC1=NC(=O)N/N=C/c1ccc(-c2ncn(-c3ccc(OC(F)(F)F)cc3)n2)cc1. The van der Waals surface area contributed by atoms with Crippen LogP contribution in [-0.2, 0) is 4.79 Å². The van der Waals surface area contributed by atoms with Crippen LogP contribution in [0.5, 0.6) is 5.75 Å². The number of nitrogens with zero attached hydrogens (tertiary/aromatic N) is 6. The molecule has 0 radical (unpaired) electrons. The summed E-state index contributed by atoms with van der Waals surface area (Å²) in [6, 6.07) is 19.1. The van der Waals surface area contributed by atoms with Crippen LogP contribution in [0.4, 0.5) is 23.7 Å². The number of hydrogen-bond acceptors (Lipinski definition) is 7. The molecule has 1 aliphatic heterocycles. The zero-order chi connectivity index (χ0) is 30.6. The van der Waals surface area contributed by atoms with E-state index in [0.717, 1.165) is 5.56 Å². The van der Waals surface area contributed by atoms with Gasteiger partial charge < -0.3 is 4.74 Å². The average molecular weight is 608 g/mol. The molecule has 1 N–H and O–H groups in total. The van der Waals surface area contributed by atoms with Gasteiger partial charge in [0.2, 0.25) is 5.91 Å². The molecule has 3 aromatic carbocycles. The van der Waals surface area contributed by atoms with Crippen molar-refractivity contribution in [2.24, 2.45) is 10.1 Å². The van der Waals surface area contributed by atoms with E-state index >= 15 is 0 Å². The number of ether oxygens (including phenoxy) is 1. The lowest BCUT2D eigenvalue weighted by Crippen LogP contribution is -2.31. The first-order valence-corrected chi connectivity index (χ1v) is 13.9. The summed E-state index contributed by atoms with van der Waals surface area (Å²) in [5.74, 6) is 0.273. The van der Waals surface area contributed by atoms with Crippen LogP contribution in [0.1, 0.15) is 30.9 Å². The fourth-order valence-corrected chi connectivity index (χ4v) is 5.03. The predicted octanol–water partition coefficient (Wildman–Crippen LogP) is 6.14. The molecule has 0 bridgehead atoms. The van der Waals surface area contributed by atoms with E-state index in [4.69, 9.17) is 0 Å². The molecule has 10 nitrogen and oxygen atoms in total. The molecule has 0 saturated carbocycles. The predicted molar refractivity (Wildman–Crippen MR) is 158 cm³/mol. The molecule has 2 heterocycles. The zero-order valence-corrected chi connectivity index (χ0v) is 23.6. The molecule has 220 valence electrons. The first kappa shape index (κ1) is 29.5. The number of rotatable bonds is 7. The van der Waals surface area contributed by atoms with E-state index in [1.54, 1.807) is 24.3 Å². The Hall–Kier alpha value is -4.98. The molecule has 43 heavy (non-hydrogen) atoms. The number of aliphatic imine (C=N–C) groups is 1. The largest absolute Gasteiger partial charge is 0.573 e. The maximum absolute atomic E-state index is 12.6. The number of para-hydroxylation sites is 1. The number of amides is 3. The Morgan fingerprint density at radius 3 is 2.49 bits per heavy atom. The minimum Gasteiger partial charge on any atom is -0.406 e. The van der Waals surface area contributed by atoms with Crippen molar-refractivity contribution in [1.29, 1.82) is 0 Å². The highest BCUT2D eigenvalue weighted by Gasteiger charge is 2.32. The van der Waals surface area contributed by atoms with Gasteiger partial charge in [-0.15, -0.1) is 18.3 Å². The summed E-state index contributed by atoms with van der Waals surface area (Å²) in [6.07, 6.45) is -1.88. The van der Waals surface area contributed by atoms with E-state index in [0.29, 0.717) is 28.3 Å². The van der Waals surface area contributed by atoms with E-state index in [1.165, 1.54) is 58.2 Å². The molecular formula is C29H24F3N7O3S. The minimum atomic E-state index is -4.77. The quantitative estimate of drug-likeness (QED) is 0.200. The highest BCUT2D eigenvalue weighted by atomic mass is 32.2. The van der Waals surface area contributed by atoms with Gasteiger partial charge in [-0.1, -0.05) is 68.1 Å². The number of carbonyl (C=O) groups excluding carboxylic acids is 2. The number of hydrazone groups is 1. The number of halogens is 3. The van der Waals surface area contributed by atoms with Crippen LogP contribution < -0.4 is 15.1 Å². The fraction of sp³-hybridized carbons (Fsp3) is 0.172. The molecule has 4 aromatic rings. The number of urea groups is 1. The Bertz CT molecular complexity index is 1680. The van der Waals surface area contributed by atoms with Crippen molar-refractivity contribution in [2.75, 3.05) is 10.7 Å². The molecule has 0 aliphatic carbocycles. The van der Waals surface area contributed by atoms with Crippen molar-refractivity contribution in [1.82, 2.24) is 20.2 Å². The van der Waals surface area contributed by atoms with Crippen LogP contribution in [0.3, 0.4) is 0 Å². The first-order chi connectivity index (χ1) is 20.6. The number of amidine groups is 1. The van der Waals surface area contributed by atoms with Gasteiger partial charge >= 0.3 is 12.4 Å². The van der Waals surface area contributed by atoms with Crippen LogP contribution in [0, 0.1) is 0 Å². The standard InChI is InChI=1S/C29H24F3N7O3S/c1-18(2)23-5-3-4-6-24(23)39-25(40)16-43-28(39)35-27(41)36-34-15-19-7-9-20(10-8-19)26-33-17-38(37-26)21-11-13-22(14-12-21)42-29(30,31)32/h3-15,17-18H,16H2,1-2H3,(H,36,41)/b34-15+,35-28?. The molecule has 1 aromatic heterocycles. The van der Waals surface area contributed by atoms with Gasteiger partial charge in [-0.3, -0.25) is 9.69 Å². The van der Waals surface area contributed by atoms with Gasteiger partial charge in [-0.05, 0) is 47.4 Å². The van der Waals surface area contributed by atoms with E-state index in [1.807, 2.05) is 38.1 Å². The molecular weight excluding hydrogens is 583 g/mol. The van der Waals surface area contributed by atoms with Gasteiger partial charge in [0.1, 0.15) is 12.1 Å². The summed E-state index contributed by atoms with van der Waals surface area (Å²) in [6.45, 7) is 4.06. The van der Waals surface area contributed by atoms with Crippen LogP contribution in [0.15, 0.2) is 89.2 Å². The van der Waals surface area contributed by atoms with Crippen molar-refractivity contribution in [3.63, 3.8) is 0 Å². The number of alkyl halides is 3. The number of carbonyl (C=O) groups is 2. The lowest BCUT2D eigenvalue weighted by molar-refractivity contribution is -0.274. The van der Waals surface area contributed by atoms with E-state index in [-0.39, 0.29) is 28.5 Å². The molecule has 5 rings (SSSR count). The van der Waals surface area contributed by atoms with Gasteiger partial charge in [-0.2, -0.15) is 10.1 Å². The molecule has 1 aliphatic rings. The molecule has 0 atom stereocenters. The molecule has 0 spiro atoms. The number of thioether (sulfide) groups is 1. The third-order valence-corrected chi connectivity index (χ3v) is 7.06. The van der Waals surface area contributed by atoms with Crippen LogP contribution in [-0.4, -0.2) is 50.2 Å². The monoisotopic (exact) mass is 607 g/mol. The van der Waals surface area contributed by atoms with Crippen molar-refractivity contribution in [2.45, 2.75) is 26.1 Å². The average Bonchev–Trinajstić information content (AvgIpc) is 3.60. The third-order valence-electron chi connectivity index (χ3n) is 6.13. The second-order valence-electron chi connectivity index (χ2n) is 9.48. The molecule has 14 heteroatoms. The third kappa shape index (κ3) is 7.27. The van der Waals surface area contributed by atoms with Crippen molar-refractivity contribution in [3.8, 4) is 22.8 Å². The Morgan fingerprint density at radius 1 is 1.07 bits per heavy atom. The fourth-order valence-electron chi connectivity index (χ4n) is 4.17. The van der Waals surface area contributed by atoms with Gasteiger partial charge in [0.15, 0.2) is 11.0 Å². The van der Waals surface area contributed by atoms with E-state index in [9.17, 15) is 22.8 Å². The second kappa shape index (κ2) is 12.5. The lowest BCUT2D eigenvalue weighted by atomic mass is 10.0. The lowest BCUT2D eigenvalue weighted by Gasteiger charge is -2.21. The van der Waals surface area contributed by atoms with Crippen molar-refractivity contribution >= 4 is 40.8 Å².